The lowest BCUT2D eigenvalue weighted by molar-refractivity contribution is -0.150. The van der Waals surface area contributed by atoms with Gasteiger partial charge in [-0.3, -0.25) is 4.79 Å². The molecule has 144 valence electrons. The van der Waals surface area contributed by atoms with Gasteiger partial charge in [0.15, 0.2) is 0 Å². The molecule has 3 unspecified atom stereocenters. The number of aliphatic hydroxyl groups excluding tert-OH is 3. The van der Waals surface area contributed by atoms with Crippen molar-refractivity contribution >= 4 is 5.97 Å². The number of hydrogen-bond acceptors (Lipinski definition) is 4. The lowest BCUT2D eigenvalue weighted by atomic mass is 9.92. The van der Waals surface area contributed by atoms with Crippen molar-refractivity contribution in [3.05, 3.63) is 0 Å². The minimum atomic E-state index is -1.40. The van der Waals surface area contributed by atoms with E-state index in [-0.39, 0.29) is 0 Å². The fraction of sp³-hybridized carbons (Fsp3) is 0.947. The third-order valence-electron chi connectivity index (χ3n) is 4.68. The van der Waals surface area contributed by atoms with Crippen LogP contribution in [0, 0.1) is 5.92 Å². The minimum Gasteiger partial charge on any atom is -0.481 e. The molecule has 0 aromatic heterocycles. The average molecular weight is 347 g/mol. The van der Waals surface area contributed by atoms with Gasteiger partial charge in [-0.25, -0.2) is 0 Å². The number of carboxylic acids is 1. The Hall–Kier alpha value is -0.650. The van der Waals surface area contributed by atoms with Gasteiger partial charge in [-0.2, -0.15) is 0 Å². The Kier molecular flexibility index (Phi) is 15.4. The third kappa shape index (κ3) is 11.8. The highest BCUT2D eigenvalue weighted by Crippen LogP contribution is 2.18. The molecule has 0 aliphatic carbocycles. The van der Waals surface area contributed by atoms with E-state index >= 15 is 0 Å². The van der Waals surface area contributed by atoms with E-state index in [1.54, 1.807) is 0 Å². The topological polar surface area (TPSA) is 98.0 Å². The van der Waals surface area contributed by atoms with Crippen LogP contribution in [0.15, 0.2) is 0 Å². The van der Waals surface area contributed by atoms with Crippen LogP contribution in [0.5, 0.6) is 0 Å². The van der Waals surface area contributed by atoms with Gasteiger partial charge in [0.2, 0.25) is 0 Å². The smallest absolute Gasteiger partial charge is 0.309 e. The van der Waals surface area contributed by atoms with Crippen molar-refractivity contribution < 1.29 is 25.2 Å². The standard InChI is InChI=1S/C19H38O5/c1-2-3-4-5-6-7-8-9-10-11-12-13-14-16(19(23)24)18(22)17(21)15-20/h16-18,20-22H,2-15H2,1H3,(H,23,24). The van der Waals surface area contributed by atoms with E-state index in [1.165, 1.54) is 57.8 Å². The molecule has 0 saturated heterocycles. The van der Waals surface area contributed by atoms with Crippen molar-refractivity contribution in [2.45, 2.75) is 103 Å². The van der Waals surface area contributed by atoms with Crippen LogP contribution in [0.4, 0.5) is 0 Å². The molecule has 0 radical (unpaired) electrons. The summed E-state index contributed by atoms with van der Waals surface area (Å²) in [6.07, 6.45) is 12.0. The molecule has 0 saturated carbocycles. The van der Waals surface area contributed by atoms with Gasteiger partial charge in [0.25, 0.3) is 0 Å². The first kappa shape index (κ1) is 23.4. The number of aliphatic hydroxyl groups is 3. The Bertz CT molecular complexity index is 295. The molecular formula is C19H38O5. The zero-order chi connectivity index (χ0) is 18.2. The summed E-state index contributed by atoms with van der Waals surface area (Å²) in [7, 11) is 0. The van der Waals surface area contributed by atoms with Gasteiger partial charge < -0.3 is 20.4 Å². The first-order chi connectivity index (χ1) is 11.5. The van der Waals surface area contributed by atoms with E-state index in [4.69, 9.17) is 10.2 Å². The number of rotatable bonds is 17. The number of carbonyl (C=O) groups is 1. The summed E-state index contributed by atoms with van der Waals surface area (Å²) >= 11 is 0. The molecule has 0 aliphatic rings. The summed E-state index contributed by atoms with van der Waals surface area (Å²) in [5, 5.41) is 37.0. The Balaban J connectivity index is 3.57. The molecule has 0 bridgehead atoms. The molecule has 24 heavy (non-hydrogen) atoms. The van der Waals surface area contributed by atoms with E-state index < -0.39 is 30.7 Å². The van der Waals surface area contributed by atoms with Gasteiger partial charge in [-0.1, -0.05) is 84.0 Å². The number of hydrogen-bond donors (Lipinski definition) is 4. The largest absolute Gasteiger partial charge is 0.481 e. The molecule has 0 aliphatic heterocycles. The van der Waals surface area contributed by atoms with Crippen molar-refractivity contribution in [3.8, 4) is 0 Å². The first-order valence-corrected chi connectivity index (χ1v) is 9.74. The van der Waals surface area contributed by atoms with Crippen molar-refractivity contribution in [3.63, 3.8) is 0 Å². The maximum Gasteiger partial charge on any atom is 0.309 e. The molecular weight excluding hydrogens is 308 g/mol. The average Bonchev–Trinajstić information content (AvgIpc) is 2.57. The molecule has 0 rings (SSSR count). The van der Waals surface area contributed by atoms with Crippen LogP contribution in [0.3, 0.4) is 0 Å². The zero-order valence-corrected chi connectivity index (χ0v) is 15.3. The molecule has 0 fully saturated rings. The van der Waals surface area contributed by atoms with Crippen LogP contribution in [-0.4, -0.2) is 45.2 Å². The summed E-state index contributed by atoms with van der Waals surface area (Å²) in [5.74, 6) is -2.12. The summed E-state index contributed by atoms with van der Waals surface area (Å²) in [6.45, 7) is 1.61. The Labute approximate surface area is 147 Å². The number of carboxylic acid groups (broad SMARTS) is 1. The maximum atomic E-state index is 11.1. The van der Waals surface area contributed by atoms with E-state index in [0.717, 1.165) is 19.3 Å². The summed E-state index contributed by atoms with van der Waals surface area (Å²) < 4.78 is 0. The molecule has 4 N–H and O–H groups in total. The van der Waals surface area contributed by atoms with E-state index in [9.17, 15) is 15.0 Å². The number of unbranched alkanes of at least 4 members (excludes halogenated alkanes) is 11. The fourth-order valence-corrected chi connectivity index (χ4v) is 3.02. The van der Waals surface area contributed by atoms with Gasteiger partial charge in [0.1, 0.15) is 6.10 Å². The van der Waals surface area contributed by atoms with Crippen LogP contribution >= 0.6 is 0 Å². The van der Waals surface area contributed by atoms with Crippen molar-refractivity contribution in [2.75, 3.05) is 6.61 Å². The van der Waals surface area contributed by atoms with Gasteiger partial charge in [0.05, 0.1) is 18.6 Å². The predicted octanol–water partition coefficient (Wildman–Crippen LogP) is 3.49. The zero-order valence-electron chi connectivity index (χ0n) is 15.3. The lowest BCUT2D eigenvalue weighted by Gasteiger charge is -2.22. The molecule has 5 heteroatoms. The van der Waals surface area contributed by atoms with Gasteiger partial charge in [-0.05, 0) is 6.42 Å². The summed E-state index contributed by atoms with van der Waals surface area (Å²) in [6, 6.07) is 0. The van der Waals surface area contributed by atoms with Gasteiger partial charge >= 0.3 is 5.97 Å². The fourth-order valence-electron chi connectivity index (χ4n) is 3.02. The molecule has 0 aromatic carbocycles. The first-order valence-electron chi connectivity index (χ1n) is 9.74. The second kappa shape index (κ2) is 15.9. The maximum absolute atomic E-state index is 11.1. The Morgan fingerprint density at radius 1 is 0.792 bits per heavy atom. The molecule has 0 heterocycles. The molecule has 0 spiro atoms. The highest BCUT2D eigenvalue weighted by Gasteiger charge is 2.30. The van der Waals surface area contributed by atoms with Crippen LogP contribution in [0.25, 0.3) is 0 Å². The molecule has 0 aromatic rings. The lowest BCUT2D eigenvalue weighted by Crippen LogP contribution is -2.39. The van der Waals surface area contributed by atoms with Crippen molar-refractivity contribution in [1.82, 2.24) is 0 Å². The second-order valence-corrected chi connectivity index (χ2v) is 6.86. The predicted molar refractivity (Wildman–Crippen MR) is 95.9 cm³/mol. The Morgan fingerprint density at radius 3 is 1.58 bits per heavy atom. The second-order valence-electron chi connectivity index (χ2n) is 6.86. The van der Waals surface area contributed by atoms with Crippen LogP contribution in [-0.2, 0) is 4.79 Å². The van der Waals surface area contributed by atoms with Crippen LogP contribution < -0.4 is 0 Å². The quantitative estimate of drug-likeness (QED) is 0.302. The highest BCUT2D eigenvalue weighted by atomic mass is 16.4. The van der Waals surface area contributed by atoms with E-state index in [0.29, 0.717) is 6.42 Å². The van der Waals surface area contributed by atoms with Crippen LogP contribution in [0.1, 0.15) is 90.4 Å². The van der Waals surface area contributed by atoms with E-state index in [1.807, 2.05) is 0 Å². The monoisotopic (exact) mass is 346 g/mol. The molecule has 3 atom stereocenters. The molecule has 0 amide bonds. The minimum absolute atomic E-state index is 0.338. The van der Waals surface area contributed by atoms with Crippen molar-refractivity contribution in [2.24, 2.45) is 5.92 Å². The van der Waals surface area contributed by atoms with Crippen molar-refractivity contribution in [1.29, 1.82) is 0 Å². The SMILES string of the molecule is CCCCCCCCCCCCCCC(C(=O)O)C(O)C(O)CO. The van der Waals surface area contributed by atoms with E-state index in [2.05, 4.69) is 6.92 Å². The van der Waals surface area contributed by atoms with Crippen LogP contribution in [0.2, 0.25) is 0 Å². The number of aliphatic carboxylic acids is 1. The van der Waals surface area contributed by atoms with Gasteiger partial charge in [0, 0.05) is 0 Å². The highest BCUT2D eigenvalue weighted by molar-refractivity contribution is 5.70. The van der Waals surface area contributed by atoms with Gasteiger partial charge in [-0.15, -0.1) is 0 Å². The summed E-state index contributed by atoms with van der Waals surface area (Å²) in [4.78, 5) is 11.1. The Morgan fingerprint density at radius 2 is 1.21 bits per heavy atom. The summed E-state index contributed by atoms with van der Waals surface area (Å²) in [5.41, 5.74) is 0. The third-order valence-corrected chi connectivity index (χ3v) is 4.68. The normalized spacial score (nSPS) is 15.2. The molecule has 5 nitrogen and oxygen atoms in total.